The standard InChI is InChI=1S/C15H25NO3/c17-14(7-2-1-3-8-15(18)19)12-6-4-5-11-9-10-13(12)16-11/h11-13,16H,1-10H2,(H,18,19)/t11-,12+,13-/m1/s1. The van der Waals surface area contributed by atoms with Crippen LogP contribution in [0, 0.1) is 5.92 Å². The molecule has 2 N–H and O–H groups in total. The van der Waals surface area contributed by atoms with Crippen molar-refractivity contribution in [3.63, 3.8) is 0 Å². The van der Waals surface area contributed by atoms with Crippen molar-refractivity contribution in [2.24, 2.45) is 5.92 Å². The van der Waals surface area contributed by atoms with Gasteiger partial charge in [0, 0.05) is 30.8 Å². The van der Waals surface area contributed by atoms with Gasteiger partial charge in [-0.2, -0.15) is 0 Å². The molecule has 2 bridgehead atoms. The Morgan fingerprint density at radius 3 is 2.58 bits per heavy atom. The Morgan fingerprint density at radius 1 is 1.00 bits per heavy atom. The van der Waals surface area contributed by atoms with Crippen molar-refractivity contribution in [3.8, 4) is 0 Å². The molecule has 0 aromatic carbocycles. The second-order valence-electron chi connectivity index (χ2n) is 6.01. The summed E-state index contributed by atoms with van der Waals surface area (Å²) in [6.45, 7) is 0. The van der Waals surface area contributed by atoms with E-state index in [1.165, 1.54) is 19.3 Å². The van der Waals surface area contributed by atoms with Crippen LogP contribution in [-0.2, 0) is 9.59 Å². The normalized spacial score (nSPS) is 30.0. The van der Waals surface area contributed by atoms with E-state index in [2.05, 4.69) is 5.32 Å². The van der Waals surface area contributed by atoms with Crippen LogP contribution in [0.5, 0.6) is 0 Å². The number of Topliss-reactive ketones (excluding diaryl/α,β-unsaturated/α-hetero) is 1. The number of aliphatic carboxylic acids is 1. The predicted molar refractivity (Wildman–Crippen MR) is 73.0 cm³/mol. The average Bonchev–Trinajstić information content (AvgIpc) is 2.69. The zero-order valence-electron chi connectivity index (χ0n) is 11.6. The highest BCUT2D eigenvalue weighted by atomic mass is 16.4. The van der Waals surface area contributed by atoms with E-state index in [1.807, 2.05) is 0 Å². The molecule has 2 aliphatic rings. The largest absolute Gasteiger partial charge is 0.481 e. The number of hydrogen-bond donors (Lipinski definition) is 2. The highest BCUT2D eigenvalue weighted by Gasteiger charge is 2.35. The minimum atomic E-state index is -0.740. The molecule has 0 amide bonds. The van der Waals surface area contributed by atoms with Crippen molar-refractivity contribution in [3.05, 3.63) is 0 Å². The highest BCUT2D eigenvalue weighted by Crippen LogP contribution is 2.31. The molecule has 4 heteroatoms. The van der Waals surface area contributed by atoms with Gasteiger partial charge in [0.2, 0.25) is 0 Å². The third kappa shape index (κ3) is 4.30. The van der Waals surface area contributed by atoms with Gasteiger partial charge in [0.05, 0.1) is 0 Å². The maximum absolute atomic E-state index is 12.3. The summed E-state index contributed by atoms with van der Waals surface area (Å²) in [4.78, 5) is 22.7. The first-order valence-electron chi connectivity index (χ1n) is 7.67. The Labute approximate surface area is 115 Å². The maximum atomic E-state index is 12.3. The molecule has 0 radical (unpaired) electrons. The minimum absolute atomic E-state index is 0.215. The number of rotatable bonds is 7. The molecular weight excluding hydrogens is 242 g/mol. The third-order valence-corrected chi connectivity index (χ3v) is 4.56. The number of hydrogen-bond acceptors (Lipinski definition) is 3. The predicted octanol–water partition coefficient (Wildman–Crippen LogP) is 2.51. The molecule has 2 rings (SSSR count). The lowest BCUT2D eigenvalue weighted by Gasteiger charge is -2.21. The average molecular weight is 267 g/mol. The zero-order valence-corrected chi connectivity index (χ0v) is 11.6. The SMILES string of the molecule is O=C(O)CCCCCC(=O)[C@H]1CCC[C@@H]2CC[C@H]1N2. The summed E-state index contributed by atoms with van der Waals surface area (Å²) in [5, 5.41) is 12.2. The van der Waals surface area contributed by atoms with E-state index in [9.17, 15) is 9.59 Å². The molecule has 2 fully saturated rings. The molecule has 3 atom stereocenters. The van der Waals surface area contributed by atoms with E-state index in [0.717, 1.165) is 25.7 Å². The summed E-state index contributed by atoms with van der Waals surface area (Å²) in [5.74, 6) is -0.126. The van der Waals surface area contributed by atoms with E-state index < -0.39 is 5.97 Å². The number of ketones is 1. The van der Waals surface area contributed by atoms with Gasteiger partial charge in [-0.3, -0.25) is 9.59 Å². The van der Waals surface area contributed by atoms with Gasteiger partial charge in [-0.05, 0) is 38.5 Å². The molecule has 4 nitrogen and oxygen atoms in total. The van der Waals surface area contributed by atoms with Crippen LogP contribution < -0.4 is 5.32 Å². The van der Waals surface area contributed by atoms with Gasteiger partial charge in [-0.15, -0.1) is 0 Å². The number of carbonyl (C=O) groups excluding carboxylic acids is 1. The summed E-state index contributed by atoms with van der Waals surface area (Å²) in [7, 11) is 0. The minimum Gasteiger partial charge on any atom is -0.481 e. The molecule has 0 unspecified atom stereocenters. The van der Waals surface area contributed by atoms with Crippen LogP contribution in [0.4, 0.5) is 0 Å². The van der Waals surface area contributed by atoms with E-state index >= 15 is 0 Å². The second kappa shape index (κ2) is 7.04. The number of fused-ring (bicyclic) bond motifs is 2. The first-order chi connectivity index (χ1) is 9.16. The van der Waals surface area contributed by atoms with Gasteiger partial charge in [0.1, 0.15) is 5.78 Å². The molecular formula is C15H25NO3. The Morgan fingerprint density at radius 2 is 1.79 bits per heavy atom. The topological polar surface area (TPSA) is 66.4 Å². The molecule has 2 aliphatic heterocycles. The van der Waals surface area contributed by atoms with Gasteiger partial charge < -0.3 is 10.4 Å². The van der Waals surface area contributed by atoms with Gasteiger partial charge in [0.15, 0.2) is 0 Å². The summed E-state index contributed by atoms with van der Waals surface area (Å²) in [6, 6.07) is 1.07. The lowest BCUT2D eigenvalue weighted by molar-refractivity contribution is -0.137. The first-order valence-corrected chi connectivity index (χ1v) is 7.67. The van der Waals surface area contributed by atoms with Crippen molar-refractivity contribution < 1.29 is 14.7 Å². The molecule has 0 aromatic rings. The molecule has 0 aromatic heterocycles. The zero-order chi connectivity index (χ0) is 13.7. The highest BCUT2D eigenvalue weighted by molar-refractivity contribution is 5.81. The van der Waals surface area contributed by atoms with Crippen LogP contribution in [0.15, 0.2) is 0 Å². The third-order valence-electron chi connectivity index (χ3n) is 4.56. The Kier molecular flexibility index (Phi) is 5.37. The molecule has 0 aliphatic carbocycles. The Balaban J connectivity index is 1.68. The second-order valence-corrected chi connectivity index (χ2v) is 6.01. The number of carboxylic acids is 1. The smallest absolute Gasteiger partial charge is 0.303 e. The quantitative estimate of drug-likeness (QED) is 0.696. The number of carbonyl (C=O) groups is 2. The van der Waals surface area contributed by atoms with Gasteiger partial charge >= 0.3 is 5.97 Å². The number of nitrogens with one attached hydrogen (secondary N) is 1. The van der Waals surface area contributed by atoms with E-state index in [-0.39, 0.29) is 12.3 Å². The molecule has 2 heterocycles. The monoisotopic (exact) mass is 267 g/mol. The van der Waals surface area contributed by atoms with E-state index in [1.54, 1.807) is 0 Å². The summed E-state index contributed by atoms with van der Waals surface area (Å²) >= 11 is 0. The van der Waals surface area contributed by atoms with Gasteiger partial charge in [0.25, 0.3) is 0 Å². The fraction of sp³-hybridized carbons (Fsp3) is 0.867. The summed E-state index contributed by atoms with van der Waals surface area (Å²) in [5.41, 5.74) is 0. The summed E-state index contributed by atoms with van der Waals surface area (Å²) < 4.78 is 0. The van der Waals surface area contributed by atoms with Crippen LogP contribution in [-0.4, -0.2) is 28.9 Å². The Hall–Kier alpha value is -0.900. The fourth-order valence-corrected chi connectivity index (χ4v) is 3.50. The van der Waals surface area contributed by atoms with Crippen molar-refractivity contribution in [1.82, 2.24) is 5.32 Å². The van der Waals surface area contributed by atoms with Crippen LogP contribution in [0.3, 0.4) is 0 Å². The lowest BCUT2D eigenvalue weighted by atomic mass is 9.85. The maximum Gasteiger partial charge on any atom is 0.303 e. The molecule has 2 saturated heterocycles. The van der Waals surface area contributed by atoms with Crippen LogP contribution in [0.25, 0.3) is 0 Å². The van der Waals surface area contributed by atoms with Crippen molar-refractivity contribution >= 4 is 11.8 Å². The molecule has 108 valence electrons. The number of unbranched alkanes of at least 4 members (excludes halogenated alkanes) is 2. The molecule has 0 saturated carbocycles. The van der Waals surface area contributed by atoms with Crippen molar-refractivity contribution in [1.29, 1.82) is 0 Å². The van der Waals surface area contributed by atoms with Crippen molar-refractivity contribution in [2.75, 3.05) is 0 Å². The molecule has 19 heavy (non-hydrogen) atoms. The fourth-order valence-electron chi connectivity index (χ4n) is 3.50. The van der Waals surface area contributed by atoms with E-state index in [4.69, 9.17) is 5.11 Å². The van der Waals surface area contributed by atoms with Gasteiger partial charge in [-0.1, -0.05) is 12.8 Å². The first kappa shape index (κ1) is 14.5. The number of carboxylic acid groups (broad SMARTS) is 1. The van der Waals surface area contributed by atoms with Gasteiger partial charge in [-0.25, -0.2) is 0 Å². The van der Waals surface area contributed by atoms with Crippen molar-refractivity contribution in [2.45, 2.75) is 76.3 Å². The van der Waals surface area contributed by atoms with Crippen LogP contribution >= 0.6 is 0 Å². The molecule has 0 spiro atoms. The lowest BCUT2D eigenvalue weighted by Crippen LogP contribution is -2.36. The Bertz CT molecular complexity index is 329. The van der Waals surface area contributed by atoms with Crippen LogP contribution in [0.2, 0.25) is 0 Å². The summed E-state index contributed by atoms with van der Waals surface area (Å²) in [6.07, 6.45) is 9.07. The van der Waals surface area contributed by atoms with Crippen LogP contribution in [0.1, 0.15) is 64.2 Å². The van der Waals surface area contributed by atoms with E-state index in [0.29, 0.717) is 30.7 Å².